The van der Waals surface area contributed by atoms with E-state index >= 15 is 0 Å². The van der Waals surface area contributed by atoms with Crippen LogP contribution in [-0.2, 0) is 27.2 Å². The largest absolute Gasteiger partial charge is 0.400 e. The predicted molar refractivity (Wildman–Crippen MR) is 106 cm³/mol. The summed E-state index contributed by atoms with van der Waals surface area (Å²) in [7, 11) is -3.53. The van der Waals surface area contributed by atoms with Gasteiger partial charge in [-0.15, -0.1) is 0 Å². The fourth-order valence-electron chi connectivity index (χ4n) is 2.71. The zero-order valence-electron chi connectivity index (χ0n) is 16.1. The molecule has 0 fully saturated rings. The van der Waals surface area contributed by atoms with Crippen molar-refractivity contribution >= 4 is 19.1 Å². The zero-order valence-corrected chi connectivity index (χ0v) is 17.8. The van der Waals surface area contributed by atoms with Crippen molar-refractivity contribution in [1.82, 2.24) is 15.2 Å². The molecule has 0 saturated heterocycles. The molecule has 6 nitrogen and oxygen atoms in total. The van der Waals surface area contributed by atoms with Gasteiger partial charge in [0.05, 0.1) is 12.8 Å². The van der Waals surface area contributed by atoms with Gasteiger partial charge in [0.2, 0.25) is 5.82 Å². The van der Waals surface area contributed by atoms with Crippen LogP contribution in [0.4, 0.5) is 17.6 Å². The van der Waals surface area contributed by atoms with Crippen LogP contribution < -0.4 is 5.09 Å². The Labute approximate surface area is 180 Å². The number of hydrogen-bond acceptors (Lipinski definition) is 5. The Morgan fingerprint density at radius 2 is 2.00 bits per heavy atom. The molecule has 0 radical (unpaired) electrons. The van der Waals surface area contributed by atoms with Gasteiger partial charge in [-0.05, 0) is 47.9 Å². The zero-order chi connectivity index (χ0) is 22.6. The lowest BCUT2D eigenvalue weighted by Gasteiger charge is -2.19. The summed E-state index contributed by atoms with van der Waals surface area (Å²) >= 11 is 4.82. The first-order valence-corrected chi connectivity index (χ1v) is 11.2. The van der Waals surface area contributed by atoms with E-state index in [0.29, 0.717) is 5.56 Å². The summed E-state index contributed by atoms with van der Waals surface area (Å²) in [6, 6.07) is 9.40. The van der Waals surface area contributed by atoms with Crippen molar-refractivity contribution in [3.63, 3.8) is 0 Å². The molecule has 2 aromatic carbocycles. The van der Waals surface area contributed by atoms with Gasteiger partial charge < -0.3 is 9.05 Å². The Morgan fingerprint density at radius 3 is 2.61 bits per heavy atom. The van der Waals surface area contributed by atoms with E-state index in [1.165, 1.54) is 30.3 Å². The molecule has 0 saturated carbocycles. The third-order valence-corrected chi connectivity index (χ3v) is 6.34. The fourth-order valence-corrected chi connectivity index (χ4v) is 4.63. The van der Waals surface area contributed by atoms with Crippen LogP contribution in [0.25, 0.3) is 11.4 Å². The quantitative estimate of drug-likeness (QED) is 0.238. The molecule has 3 rings (SSSR count). The van der Waals surface area contributed by atoms with Crippen LogP contribution in [0.5, 0.6) is 0 Å². The predicted octanol–water partition coefficient (Wildman–Crippen LogP) is 5.82. The van der Waals surface area contributed by atoms with Crippen LogP contribution in [-0.4, -0.2) is 16.7 Å². The van der Waals surface area contributed by atoms with Gasteiger partial charge in [0.25, 0.3) is 7.52 Å². The van der Waals surface area contributed by atoms with Gasteiger partial charge >= 0.3 is 11.3 Å². The average molecular weight is 478 g/mol. The van der Waals surface area contributed by atoms with E-state index in [4.69, 9.17) is 16.1 Å². The standard InChI is InChI=1S/C19H17ClF4N3O3P/c1-2-29-31(28,25-10-12-4-3-5-15(21)8-12)11-14-7-6-13(9-16(14)22)17-26-18(30-27-17)19(20,23)24/h3-9H,2,10-11H2,1H3,(H,25,28). The maximum absolute atomic E-state index is 14.6. The van der Waals surface area contributed by atoms with Crippen molar-refractivity contribution < 1.29 is 31.2 Å². The first-order valence-electron chi connectivity index (χ1n) is 9.02. The third kappa shape index (κ3) is 6.13. The molecule has 0 amide bonds. The van der Waals surface area contributed by atoms with E-state index in [9.17, 15) is 22.1 Å². The molecular weight excluding hydrogens is 461 g/mol. The van der Waals surface area contributed by atoms with Crippen LogP contribution in [0.15, 0.2) is 47.0 Å². The van der Waals surface area contributed by atoms with Gasteiger partial charge in [0.1, 0.15) is 11.6 Å². The summed E-state index contributed by atoms with van der Waals surface area (Å²) in [5.41, 5.74) is 0.662. The molecule has 0 bridgehead atoms. The Bertz CT molecular complexity index is 1110. The summed E-state index contributed by atoms with van der Waals surface area (Å²) in [5, 5.41) is 2.26. The molecule has 0 aliphatic heterocycles. The Balaban J connectivity index is 1.77. The summed E-state index contributed by atoms with van der Waals surface area (Å²) < 4.78 is 76.9. The first kappa shape index (κ1) is 23.4. The minimum atomic E-state index is -3.85. The molecule has 1 N–H and O–H groups in total. The highest BCUT2D eigenvalue weighted by atomic mass is 35.5. The molecule has 3 aromatic rings. The van der Waals surface area contributed by atoms with E-state index < -0.39 is 30.4 Å². The molecule has 1 aromatic heterocycles. The van der Waals surface area contributed by atoms with Gasteiger partial charge in [-0.1, -0.05) is 29.4 Å². The van der Waals surface area contributed by atoms with Gasteiger partial charge in [0, 0.05) is 12.1 Å². The van der Waals surface area contributed by atoms with Gasteiger partial charge in [-0.25, -0.2) is 13.9 Å². The highest BCUT2D eigenvalue weighted by molar-refractivity contribution is 7.56. The molecule has 1 unspecified atom stereocenters. The first-order chi connectivity index (χ1) is 14.6. The molecule has 0 aliphatic carbocycles. The summed E-state index contributed by atoms with van der Waals surface area (Å²) in [6.45, 7) is 1.79. The summed E-state index contributed by atoms with van der Waals surface area (Å²) in [6.07, 6.45) is -0.292. The topological polar surface area (TPSA) is 77.2 Å². The Kier molecular flexibility index (Phi) is 7.16. The summed E-state index contributed by atoms with van der Waals surface area (Å²) in [5.74, 6) is -2.60. The number of nitrogens with zero attached hydrogens (tertiary/aromatic N) is 2. The van der Waals surface area contributed by atoms with E-state index in [0.717, 1.165) is 6.07 Å². The second-order valence-corrected chi connectivity index (χ2v) is 9.15. The molecule has 1 heterocycles. The lowest BCUT2D eigenvalue weighted by Crippen LogP contribution is -2.15. The Morgan fingerprint density at radius 1 is 1.23 bits per heavy atom. The number of hydrogen-bond donors (Lipinski definition) is 1. The summed E-state index contributed by atoms with van der Waals surface area (Å²) in [4.78, 5) is 3.45. The minimum absolute atomic E-state index is 0.0486. The molecular formula is C19H17ClF4N3O3P. The molecule has 166 valence electrons. The molecule has 0 aliphatic rings. The van der Waals surface area contributed by atoms with Crippen LogP contribution in [0, 0.1) is 11.6 Å². The maximum atomic E-state index is 14.6. The van der Waals surface area contributed by atoms with E-state index in [1.807, 2.05) is 0 Å². The highest BCUT2D eigenvalue weighted by Crippen LogP contribution is 2.47. The van der Waals surface area contributed by atoms with Crippen molar-refractivity contribution in [3.05, 3.63) is 71.1 Å². The molecule has 0 spiro atoms. The van der Waals surface area contributed by atoms with E-state index in [2.05, 4.69) is 19.8 Å². The van der Waals surface area contributed by atoms with Crippen molar-refractivity contribution in [2.45, 2.75) is 25.0 Å². The van der Waals surface area contributed by atoms with Crippen molar-refractivity contribution in [2.24, 2.45) is 0 Å². The third-order valence-electron chi connectivity index (χ3n) is 4.11. The number of halogens is 5. The fraction of sp³-hybridized carbons (Fsp3) is 0.263. The van der Waals surface area contributed by atoms with Crippen molar-refractivity contribution in [2.75, 3.05) is 6.61 Å². The monoisotopic (exact) mass is 477 g/mol. The lowest BCUT2D eigenvalue weighted by molar-refractivity contribution is 0.0551. The average Bonchev–Trinajstić information content (AvgIpc) is 3.19. The number of rotatable bonds is 9. The van der Waals surface area contributed by atoms with Gasteiger partial charge in [0.15, 0.2) is 0 Å². The second kappa shape index (κ2) is 9.48. The van der Waals surface area contributed by atoms with Gasteiger partial charge in [-0.2, -0.15) is 13.8 Å². The van der Waals surface area contributed by atoms with Crippen LogP contribution in [0.1, 0.15) is 23.9 Å². The van der Waals surface area contributed by atoms with E-state index in [1.54, 1.807) is 13.0 Å². The number of aromatic nitrogens is 2. The smallest absolute Gasteiger partial charge is 0.331 e. The van der Waals surface area contributed by atoms with E-state index in [-0.39, 0.29) is 36.3 Å². The van der Waals surface area contributed by atoms with Crippen molar-refractivity contribution in [1.29, 1.82) is 0 Å². The Hall–Kier alpha value is -2.26. The van der Waals surface area contributed by atoms with Gasteiger partial charge in [-0.3, -0.25) is 4.57 Å². The number of nitrogens with one attached hydrogen (secondary N) is 1. The maximum Gasteiger partial charge on any atom is 0.400 e. The highest BCUT2D eigenvalue weighted by Gasteiger charge is 2.36. The van der Waals surface area contributed by atoms with Crippen molar-refractivity contribution in [3.8, 4) is 11.4 Å². The minimum Gasteiger partial charge on any atom is -0.331 e. The normalized spacial score (nSPS) is 13.9. The van der Waals surface area contributed by atoms with Crippen LogP contribution in [0.2, 0.25) is 0 Å². The number of alkyl halides is 3. The second-order valence-electron chi connectivity index (χ2n) is 6.44. The molecule has 12 heteroatoms. The molecule has 31 heavy (non-hydrogen) atoms. The molecule has 1 atom stereocenters. The lowest BCUT2D eigenvalue weighted by atomic mass is 10.1. The van der Waals surface area contributed by atoms with Crippen LogP contribution >= 0.6 is 19.1 Å². The van der Waals surface area contributed by atoms with Crippen LogP contribution in [0.3, 0.4) is 0 Å². The SMILES string of the molecule is CCOP(=O)(Cc1ccc(-c2noc(C(F)(F)Cl)n2)cc1F)NCc1cccc(F)c1. The number of benzene rings is 2.